The van der Waals surface area contributed by atoms with Gasteiger partial charge in [0.1, 0.15) is 0 Å². The number of hydrogen-bond acceptors (Lipinski definition) is 5. The molecule has 11 heteroatoms. The number of ether oxygens (including phenoxy) is 1. The van der Waals surface area contributed by atoms with Crippen molar-refractivity contribution >= 4 is 17.0 Å². The van der Waals surface area contributed by atoms with Crippen molar-refractivity contribution in [3.05, 3.63) is 93.2 Å². The fourth-order valence-electron chi connectivity index (χ4n) is 4.96. The summed E-state index contributed by atoms with van der Waals surface area (Å²) in [5.74, 6) is -0.304. The summed E-state index contributed by atoms with van der Waals surface area (Å²) in [7, 11) is 0. The van der Waals surface area contributed by atoms with Crippen molar-refractivity contribution < 1.29 is 36.2 Å². The molecule has 2 heterocycles. The number of thiophene rings is 1. The molecule has 1 unspecified atom stereocenters. The zero-order valence-corrected chi connectivity index (χ0v) is 22.4. The number of piperidine rings is 1. The number of aliphatic hydroxyl groups is 1. The van der Waals surface area contributed by atoms with Crippen LogP contribution in [0, 0.1) is 5.41 Å². The second-order valence-corrected chi connectivity index (χ2v) is 11.0. The van der Waals surface area contributed by atoms with E-state index in [1.54, 1.807) is 0 Å². The number of hydrogen-bond donors (Lipinski definition) is 2. The van der Waals surface area contributed by atoms with Crippen molar-refractivity contribution in [1.82, 2.24) is 4.90 Å². The lowest BCUT2D eigenvalue weighted by molar-refractivity contribution is -0.143. The molecule has 0 amide bonds. The molecule has 1 aliphatic rings. The fraction of sp³-hybridized carbons (Fsp3) is 0.414. The predicted octanol–water partition coefficient (Wildman–Crippen LogP) is 7.48. The third-order valence-corrected chi connectivity index (χ3v) is 8.20. The van der Waals surface area contributed by atoms with E-state index in [1.165, 1.54) is 11.3 Å². The Morgan fingerprint density at radius 1 is 0.950 bits per heavy atom. The highest BCUT2D eigenvalue weighted by atomic mass is 32.1. The second-order valence-electron chi connectivity index (χ2n) is 10.0. The third-order valence-electron chi connectivity index (χ3n) is 7.21. The zero-order chi connectivity index (χ0) is 29.0. The molecule has 1 fully saturated rings. The molecule has 2 aromatic carbocycles. The molecule has 1 aliphatic heterocycles. The molecule has 2 N–H and O–H groups in total. The van der Waals surface area contributed by atoms with Gasteiger partial charge in [0.05, 0.1) is 29.9 Å². The average molecular weight is 585 g/mol. The minimum Gasteiger partial charge on any atom is -0.385 e. The van der Waals surface area contributed by atoms with Crippen LogP contribution in [0.3, 0.4) is 0 Å². The van der Waals surface area contributed by atoms with Gasteiger partial charge in [0.25, 0.3) is 0 Å². The van der Waals surface area contributed by atoms with E-state index >= 15 is 0 Å². The van der Waals surface area contributed by atoms with Crippen LogP contribution in [-0.4, -0.2) is 42.0 Å². The molecule has 0 radical (unpaired) electrons. The Labute approximate surface area is 232 Å². The lowest BCUT2D eigenvalue weighted by Crippen LogP contribution is -2.43. The Morgan fingerprint density at radius 3 is 2.12 bits per heavy atom. The van der Waals surface area contributed by atoms with Crippen LogP contribution in [0.4, 0.5) is 26.3 Å². The first-order valence-corrected chi connectivity index (χ1v) is 13.7. The van der Waals surface area contributed by atoms with Gasteiger partial charge in [-0.1, -0.05) is 36.4 Å². The first-order valence-electron chi connectivity index (χ1n) is 12.8. The predicted molar refractivity (Wildman–Crippen MR) is 142 cm³/mol. The Morgan fingerprint density at radius 2 is 1.57 bits per heavy atom. The number of nitrogens with zero attached hydrogens (tertiary/aromatic N) is 1. The summed E-state index contributed by atoms with van der Waals surface area (Å²) >= 11 is 1.48. The summed E-state index contributed by atoms with van der Waals surface area (Å²) in [4.78, 5) is 3.16. The fourth-order valence-corrected chi connectivity index (χ4v) is 5.85. The van der Waals surface area contributed by atoms with Gasteiger partial charge >= 0.3 is 12.4 Å². The molecule has 216 valence electrons. The van der Waals surface area contributed by atoms with Crippen molar-refractivity contribution in [2.45, 2.75) is 49.7 Å². The SMILES string of the molecule is N=C(COCc1cc(C(F)(F)F)cc(C(F)(F)F)c1)C(CCN1CCC(O)(c2ccccc2)CC1)c1cccs1. The largest absolute Gasteiger partial charge is 0.416 e. The molecule has 1 atom stereocenters. The summed E-state index contributed by atoms with van der Waals surface area (Å²) < 4.78 is 84.4. The smallest absolute Gasteiger partial charge is 0.385 e. The maximum absolute atomic E-state index is 13.2. The standard InChI is InChI=1S/C29H30F6N2O2S/c30-28(31,32)22-15-20(16-23(17-22)29(33,34)35)18-39-19-25(36)24(26-7-4-14-40-26)8-11-37-12-9-27(38,10-13-37)21-5-2-1-3-6-21/h1-7,14-17,24,36,38H,8-13,18-19H2. The van der Waals surface area contributed by atoms with Gasteiger partial charge in [0, 0.05) is 29.6 Å². The molecular formula is C29H30F6N2O2S. The summed E-state index contributed by atoms with van der Waals surface area (Å²) in [5.41, 5.74) is -2.83. The second kappa shape index (κ2) is 12.4. The average Bonchev–Trinajstić information content (AvgIpc) is 3.44. The third kappa shape index (κ3) is 7.72. The van der Waals surface area contributed by atoms with Crippen molar-refractivity contribution in [2.24, 2.45) is 0 Å². The van der Waals surface area contributed by atoms with Gasteiger partial charge in [0.15, 0.2) is 0 Å². The lowest BCUT2D eigenvalue weighted by Gasteiger charge is -2.39. The van der Waals surface area contributed by atoms with Crippen LogP contribution >= 0.6 is 11.3 Å². The van der Waals surface area contributed by atoms with E-state index in [0.717, 1.165) is 10.4 Å². The van der Waals surface area contributed by atoms with Gasteiger partial charge in [-0.2, -0.15) is 26.3 Å². The van der Waals surface area contributed by atoms with E-state index in [-0.39, 0.29) is 29.9 Å². The maximum Gasteiger partial charge on any atom is 0.416 e. The number of halogens is 6. The minimum atomic E-state index is -4.93. The van der Waals surface area contributed by atoms with Gasteiger partial charge < -0.3 is 20.2 Å². The number of likely N-dealkylation sites (tertiary alicyclic amines) is 1. The number of benzene rings is 2. The van der Waals surface area contributed by atoms with Crippen molar-refractivity contribution in [3.63, 3.8) is 0 Å². The molecule has 0 spiro atoms. The number of alkyl halides is 6. The van der Waals surface area contributed by atoms with Gasteiger partial charge in [-0.25, -0.2) is 0 Å². The molecule has 4 rings (SSSR count). The molecule has 3 aromatic rings. The molecule has 1 aromatic heterocycles. The maximum atomic E-state index is 13.2. The van der Waals surface area contributed by atoms with Gasteiger partial charge in [-0.3, -0.25) is 0 Å². The Balaban J connectivity index is 1.35. The van der Waals surface area contributed by atoms with Crippen LogP contribution in [0.15, 0.2) is 66.0 Å². The Hall–Kier alpha value is -2.73. The molecule has 4 nitrogen and oxygen atoms in total. The Bertz CT molecular complexity index is 1220. The minimum absolute atomic E-state index is 0.0830. The first-order chi connectivity index (χ1) is 18.8. The Kier molecular flexibility index (Phi) is 9.39. The van der Waals surface area contributed by atoms with Crippen molar-refractivity contribution in [2.75, 3.05) is 26.2 Å². The first kappa shape index (κ1) is 30.2. The highest BCUT2D eigenvalue weighted by molar-refractivity contribution is 7.10. The highest BCUT2D eigenvalue weighted by Gasteiger charge is 2.37. The van der Waals surface area contributed by atoms with E-state index in [0.29, 0.717) is 51.0 Å². The summed E-state index contributed by atoms with van der Waals surface area (Å²) in [6.45, 7) is 1.32. The quantitative estimate of drug-likeness (QED) is 0.192. The summed E-state index contributed by atoms with van der Waals surface area (Å²) in [5, 5.41) is 21.6. The molecule has 0 aliphatic carbocycles. The van der Waals surface area contributed by atoms with Crippen molar-refractivity contribution in [3.8, 4) is 0 Å². The van der Waals surface area contributed by atoms with Crippen LogP contribution in [0.5, 0.6) is 0 Å². The normalized spacial score (nSPS) is 17.1. The van der Waals surface area contributed by atoms with Crippen LogP contribution in [0.1, 0.15) is 52.3 Å². The van der Waals surface area contributed by atoms with E-state index in [2.05, 4.69) is 4.90 Å². The monoisotopic (exact) mass is 584 g/mol. The van der Waals surface area contributed by atoms with E-state index < -0.39 is 35.7 Å². The van der Waals surface area contributed by atoms with Gasteiger partial charge in [-0.15, -0.1) is 11.3 Å². The molecule has 1 saturated heterocycles. The lowest BCUT2D eigenvalue weighted by atomic mass is 9.84. The van der Waals surface area contributed by atoms with Crippen LogP contribution in [-0.2, 0) is 29.3 Å². The van der Waals surface area contributed by atoms with E-state index in [9.17, 15) is 31.4 Å². The molecule has 0 saturated carbocycles. The topological polar surface area (TPSA) is 56.5 Å². The number of rotatable bonds is 10. The molecule has 40 heavy (non-hydrogen) atoms. The van der Waals surface area contributed by atoms with E-state index in [4.69, 9.17) is 10.1 Å². The highest BCUT2D eigenvalue weighted by Crippen LogP contribution is 2.37. The van der Waals surface area contributed by atoms with Crippen LogP contribution in [0.25, 0.3) is 0 Å². The molecule has 0 bridgehead atoms. The van der Waals surface area contributed by atoms with Gasteiger partial charge in [-0.05, 0) is 66.6 Å². The summed E-state index contributed by atoms with van der Waals surface area (Å²) in [6, 6.07) is 14.7. The van der Waals surface area contributed by atoms with Gasteiger partial charge in [0.2, 0.25) is 0 Å². The number of nitrogens with one attached hydrogen (secondary N) is 1. The van der Waals surface area contributed by atoms with Crippen LogP contribution in [0.2, 0.25) is 0 Å². The van der Waals surface area contributed by atoms with E-state index in [1.807, 2.05) is 47.8 Å². The van der Waals surface area contributed by atoms with Crippen LogP contribution < -0.4 is 0 Å². The van der Waals surface area contributed by atoms with Crippen molar-refractivity contribution in [1.29, 1.82) is 5.41 Å². The summed E-state index contributed by atoms with van der Waals surface area (Å²) in [6.07, 6.45) is -8.11. The zero-order valence-electron chi connectivity index (χ0n) is 21.6. The molecular weight excluding hydrogens is 554 g/mol.